The minimum atomic E-state index is -0.252. The monoisotopic (exact) mass is 390 g/mol. The van der Waals surface area contributed by atoms with Crippen LogP contribution in [0, 0.1) is 0 Å². The van der Waals surface area contributed by atoms with Crippen molar-refractivity contribution in [3.8, 4) is 5.69 Å². The van der Waals surface area contributed by atoms with E-state index in [9.17, 15) is 4.79 Å². The van der Waals surface area contributed by atoms with Gasteiger partial charge >= 0.3 is 0 Å². The normalized spacial score (nSPS) is 15.4. The van der Waals surface area contributed by atoms with Crippen LogP contribution in [0.5, 0.6) is 0 Å². The maximum Gasteiger partial charge on any atom is 0.233 e. The predicted molar refractivity (Wildman–Crippen MR) is 106 cm³/mol. The average Bonchev–Trinajstić information content (AvgIpc) is 3.10. The lowest BCUT2D eigenvalue weighted by molar-refractivity contribution is -0.120. The summed E-state index contributed by atoms with van der Waals surface area (Å²) in [5, 5.41) is 12.2. The molecule has 3 rings (SSSR count). The van der Waals surface area contributed by atoms with E-state index in [0.717, 1.165) is 12.1 Å². The summed E-state index contributed by atoms with van der Waals surface area (Å²) < 4.78 is 1.84. The van der Waals surface area contributed by atoms with Crippen LogP contribution in [0.2, 0.25) is 5.02 Å². The van der Waals surface area contributed by atoms with Crippen molar-refractivity contribution in [1.82, 2.24) is 20.1 Å². The molecule has 0 spiro atoms. The lowest BCUT2D eigenvalue weighted by atomic mass is 9.97. The lowest BCUT2D eigenvalue weighted by Gasteiger charge is -2.15. The highest BCUT2D eigenvalue weighted by Gasteiger charge is 2.18. The van der Waals surface area contributed by atoms with Crippen LogP contribution in [0.1, 0.15) is 39.0 Å². The summed E-state index contributed by atoms with van der Waals surface area (Å²) in [6.45, 7) is 2.58. The minimum absolute atomic E-state index is 0.0204. The van der Waals surface area contributed by atoms with Gasteiger partial charge in [0.1, 0.15) is 6.33 Å². The molecule has 1 aromatic heterocycles. The van der Waals surface area contributed by atoms with Crippen molar-refractivity contribution in [2.24, 2.45) is 0 Å². The second kappa shape index (κ2) is 9.24. The van der Waals surface area contributed by atoms with Gasteiger partial charge in [-0.3, -0.25) is 9.36 Å². The fraction of sp³-hybridized carbons (Fsp3) is 0.421. The number of amides is 1. The van der Waals surface area contributed by atoms with Gasteiger partial charge in [-0.05, 0) is 57.2 Å². The van der Waals surface area contributed by atoms with Gasteiger partial charge in [-0.1, -0.05) is 41.1 Å². The van der Waals surface area contributed by atoms with Gasteiger partial charge in [0, 0.05) is 11.6 Å². The van der Waals surface area contributed by atoms with Crippen LogP contribution in [0.4, 0.5) is 0 Å². The Morgan fingerprint density at radius 1 is 1.42 bits per heavy atom. The topological polar surface area (TPSA) is 59.8 Å². The maximum atomic E-state index is 12.4. The highest BCUT2D eigenvalue weighted by Crippen LogP contribution is 2.25. The van der Waals surface area contributed by atoms with Crippen LogP contribution in [0.3, 0.4) is 0 Å². The van der Waals surface area contributed by atoms with E-state index >= 15 is 0 Å². The van der Waals surface area contributed by atoms with E-state index < -0.39 is 0 Å². The quantitative estimate of drug-likeness (QED) is 0.562. The van der Waals surface area contributed by atoms with Gasteiger partial charge in [0.15, 0.2) is 5.16 Å². The number of allylic oxidation sites excluding steroid dienone is 1. The summed E-state index contributed by atoms with van der Waals surface area (Å²) >= 11 is 7.45. The Kier molecular flexibility index (Phi) is 6.74. The van der Waals surface area contributed by atoms with Crippen LogP contribution in [0.25, 0.3) is 5.69 Å². The zero-order valence-corrected chi connectivity index (χ0v) is 16.4. The van der Waals surface area contributed by atoms with E-state index in [0.29, 0.717) is 16.7 Å². The number of benzene rings is 1. The van der Waals surface area contributed by atoms with Crippen LogP contribution in [-0.2, 0) is 4.79 Å². The molecule has 0 saturated heterocycles. The third-order valence-electron chi connectivity index (χ3n) is 4.38. The number of rotatable bonds is 7. The Morgan fingerprint density at radius 2 is 2.31 bits per heavy atom. The fourth-order valence-corrected chi connectivity index (χ4v) is 3.99. The van der Waals surface area contributed by atoms with Gasteiger partial charge < -0.3 is 5.32 Å². The molecule has 26 heavy (non-hydrogen) atoms. The summed E-state index contributed by atoms with van der Waals surface area (Å²) in [7, 11) is 0. The summed E-state index contributed by atoms with van der Waals surface area (Å²) in [5.41, 5.74) is 2.35. The summed E-state index contributed by atoms with van der Waals surface area (Å²) in [4.78, 5) is 12.4. The summed E-state index contributed by atoms with van der Waals surface area (Å²) in [5.74, 6) is 0.0204. The van der Waals surface area contributed by atoms with E-state index in [-0.39, 0.29) is 11.2 Å². The first-order valence-corrected chi connectivity index (χ1v) is 10.2. The van der Waals surface area contributed by atoms with Crippen molar-refractivity contribution >= 4 is 29.3 Å². The number of hydrogen-bond donors (Lipinski definition) is 1. The smallest absolute Gasteiger partial charge is 0.233 e. The fourth-order valence-electron chi connectivity index (χ4n) is 2.94. The van der Waals surface area contributed by atoms with E-state index in [1.54, 1.807) is 6.33 Å². The zero-order valence-electron chi connectivity index (χ0n) is 14.8. The molecule has 138 valence electrons. The number of hydrogen-bond acceptors (Lipinski definition) is 4. The molecular weight excluding hydrogens is 368 g/mol. The molecule has 1 aliphatic rings. The summed E-state index contributed by atoms with van der Waals surface area (Å²) in [6.07, 6.45) is 9.80. The Labute approximate surface area is 163 Å². The number of carbonyl (C=O) groups is 1. The van der Waals surface area contributed by atoms with Crippen molar-refractivity contribution in [1.29, 1.82) is 0 Å². The summed E-state index contributed by atoms with van der Waals surface area (Å²) in [6, 6.07) is 7.47. The molecule has 0 radical (unpaired) electrons. The van der Waals surface area contributed by atoms with Crippen molar-refractivity contribution in [2.45, 2.75) is 49.4 Å². The number of thioether (sulfide) groups is 1. The molecule has 1 aliphatic carbocycles. The Hall–Kier alpha value is -1.79. The highest BCUT2D eigenvalue weighted by atomic mass is 35.5. The lowest BCUT2D eigenvalue weighted by Crippen LogP contribution is -2.32. The van der Waals surface area contributed by atoms with Gasteiger partial charge in [0.25, 0.3) is 0 Å². The third kappa shape index (κ3) is 5.11. The Balaban J connectivity index is 1.54. The third-order valence-corrected chi connectivity index (χ3v) is 5.68. The number of nitrogens with zero attached hydrogens (tertiary/aromatic N) is 3. The van der Waals surface area contributed by atoms with Crippen molar-refractivity contribution in [2.75, 3.05) is 6.54 Å². The molecule has 1 aromatic carbocycles. The highest BCUT2D eigenvalue weighted by molar-refractivity contribution is 8.00. The van der Waals surface area contributed by atoms with Gasteiger partial charge in [-0.25, -0.2) is 0 Å². The van der Waals surface area contributed by atoms with E-state index in [1.165, 1.54) is 43.0 Å². The van der Waals surface area contributed by atoms with E-state index in [2.05, 4.69) is 21.6 Å². The molecule has 1 unspecified atom stereocenters. The number of carbonyl (C=O) groups excluding carboxylic acids is 1. The van der Waals surface area contributed by atoms with Crippen LogP contribution in [0.15, 0.2) is 47.4 Å². The number of halogens is 1. The van der Waals surface area contributed by atoms with Crippen LogP contribution >= 0.6 is 23.4 Å². The molecule has 5 nitrogen and oxygen atoms in total. The minimum Gasteiger partial charge on any atom is -0.355 e. The first kappa shape index (κ1) is 19.0. The molecule has 0 saturated carbocycles. The standard InChI is InChI=1S/C19H23ClN4OS/c1-14(18(25)21-11-10-15-6-3-2-4-7-15)26-19-23-22-13-24(19)17-9-5-8-16(20)12-17/h5-6,8-9,12-14H,2-4,7,10-11H2,1H3,(H,21,25). The Morgan fingerprint density at radius 3 is 3.08 bits per heavy atom. The van der Waals surface area contributed by atoms with Gasteiger partial charge in [0.2, 0.25) is 5.91 Å². The van der Waals surface area contributed by atoms with Gasteiger partial charge in [-0.15, -0.1) is 10.2 Å². The van der Waals surface area contributed by atoms with Crippen molar-refractivity contribution in [3.05, 3.63) is 47.3 Å². The molecule has 0 bridgehead atoms. The first-order valence-electron chi connectivity index (χ1n) is 8.92. The average molecular weight is 391 g/mol. The molecule has 2 aromatic rings. The molecule has 0 fully saturated rings. The van der Waals surface area contributed by atoms with E-state index in [4.69, 9.17) is 11.6 Å². The molecule has 0 aliphatic heterocycles. The second-order valence-electron chi connectivity index (χ2n) is 6.37. The van der Waals surface area contributed by atoms with Crippen LogP contribution < -0.4 is 5.32 Å². The predicted octanol–water partition coefficient (Wildman–Crippen LogP) is 4.41. The first-order chi connectivity index (χ1) is 12.6. The largest absolute Gasteiger partial charge is 0.355 e. The Bertz CT molecular complexity index is 789. The van der Waals surface area contributed by atoms with Crippen molar-refractivity contribution in [3.63, 3.8) is 0 Å². The van der Waals surface area contributed by atoms with Gasteiger partial charge in [-0.2, -0.15) is 0 Å². The molecule has 1 N–H and O–H groups in total. The molecule has 1 heterocycles. The molecule has 7 heteroatoms. The SMILES string of the molecule is CC(Sc1nncn1-c1cccc(Cl)c1)C(=O)NCCC1=CCCCC1. The van der Waals surface area contributed by atoms with Crippen LogP contribution in [-0.4, -0.2) is 32.5 Å². The van der Waals surface area contributed by atoms with E-state index in [1.807, 2.05) is 35.8 Å². The van der Waals surface area contributed by atoms with Gasteiger partial charge in [0.05, 0.1) is 10.9 Å². The maximum absolute atomic E-state index is 12.4. The van der Waals surface area contributed by atoms with Crippen molar-refractivity contribution < 1.29 is 4.79 Å². The zero-order chi connectivity index (χ0) is 18.4. The number of aromatic nitrogens is 3. The number of nitrogens with one attached hydrogen (secondary N) is 1. The molecule has 1 atom stereocenters. The molecular formula is C19H23ClN4OS. The molecule has 1 amide bonds. The second-order valence-corrected chi connectivity index (χ2v) is 8.12.